The minimum atomic E-state index is -4.98. The lowest BCUT2D eigenvalue weighted by Crippen LogP contribution is -2.30. The molecule has 580 valence electrons. The summed E-state index contributed by atoms with van der Waals surface area (Å²) in [6.07, 6.45) is 75.6. The van der Waals surface area contributed by atoms with Crippen LogP contribution < -0.4 is 0 Å². The molecular weight excluding hydrogens is 1310 g/mol. The van der Waals surface area contributed by atoms with E-state index in [0.29, 0.717) is 25.7 Å². The lowest BCUT2D eigenvalue weighted by atomic mass is 10.1. The number of rotatable bonds is 75. The maximum absolute atomic E-state index is 13.1. The zero-order valence-electron chi connectivity index (χ0n) is 63.4. The van der Waals surface area contributed by atoms with Gasteiger partial charge in [0.2, 0.25) is 0 Å². The van der Waals surface area contributed by atoms with Crippen LogP contribution >= 0.6 is 15.6 Å². The second-order valence-corrected chi connectivity index (χ2v) is 29.5. The average molecular weight is 1450 g/mol. The zero-order valence-corrected chi connectivity index (χ0v) is 65.2. The van der Waals surface area contributed by atoms with E-state index in [1.165, 1.54) is 89.9 Å². The first-order chi connectivity index (χ1) is 48.7. The van der Waals surface area contributed by atoms with Crippen molar-refractivity contribution in [1.29, 1.82) is 0 Å². The van der Waals surface area contributed by atoms with Gasteiger partial charge in [0.05, 0.1) is 26.4 Å². The largest absolute Gasteiger partial charge is 0.472 e. The fraction of sp³-hybridized carbons (Fsp3) is 0.778. The number of hydrogen-bond acceptors (Lipinski definition) is 15. The summed E-state index contributed by atoms with van der Waals surface area (Å²) in [5, 5.41) is 10.6. The summed E-state index contributed by atoms with van der Waals surface area (Å²) in [4.78, 5) is 72.9. The molecule has 0 aromatic rings. The first-order valence-electron chi connectivity index (χ1n) is 39.8. The summed E-state index contributed by atoms with van der Waals surface area (Å²) in [5.74, 6) is -2.20. The van der Waals surface area contributed by atoms with Gasteiger partial charge in [0, 0.05) is 25.7 Å². The molecule has 0 heterocycles. The lowest BCUT2D eigenvalue weighted by Gasteiger charge is -2.21. The Kier molecular flexibility index (Phi) is 70.8. The van der Waals surface area contributed by atoms with Crippen molar-refractivity contribution in [3.8, 4) is 0 Å². The third-order valence-corrected chi connectivity index (χ3v) is 18.7. The SMILES string of the molecule is CCCCC/C=C\C/C=C\C/C=C\CCCCCCCCC(=O)OCC(COP(=O)(O)OCC(O)COP(=O)(O)OCC(COC(=O)CCCCCCC/C=C\C/C=C\CCCCC)OC(=O)CCCCCCC/C=C\CCCCCC)OC(=O)CCCCCCC/C=C\CCCCCC. The number of allylic oxidation sites excluding steroid dienone is 14. The van der Waals surface area contributed by atoms with Gasteiger partial charge in [-0.15, -0.1) is 0 Å². The van der Waals surface area contributed by atoms with Gasteiger partial charge in [0.15, 0.2) is 12.2 Å². The monoisotopic (exact) mass is 1450 g/mol. The van der Waals surface area contributed by atoms with E-state index in [4.69, 9.17) is 37.0 Å². The van der Waals surface area contributed by atoms with Crippen molar-refractivity contribution in [2.75, 3.05) is 39.6 Å². The number of ether oxygens (including phenoxy) is 4. The lowest BCUT2D eigenvalue weighted by molar-refractivity contribution is -0.161. The average Bonchev–Trinajstić information content (AvgIpc) is 0.935. The summed E-state index contributed by atoms with van der Waals surface area (Å²) >= 11 is 0. The van der Waals surface area contributed by atoms with Gasteiger partial charge in [0.1, 0.15) is 19.3 Å². The molecular formula is C81H144O17P2. The van der Waals surface area contributed by atoms with Crippen molar-refractivity contribution >= 4 is 39.5 Å². The summed E-state index contributed by atoms with van der Waals surface area (Å²) in [5.41, 5.74) is 0. The Labute approximate surface area is 608 Å². The van der Waals surface area contributed by atoms with Gasteiger partial charge in [-0.3, -0.25) is 37.3 Å². The molecule has 5 atom stereocenters. The molecule has 0 aliphatic carbocycles. The topological polar surface area (TPSA) is 237 Å². The highest BCUT2D eigenvalue weighted by Gasteiger charge is 2.30. The van der Waals surface area contributed by atoms with E-state index in [1.54, 1.807) is 0 Å². The molecule has 3 N–H and O–H groups in total. The molecule has 5 unspecified atom stereocenters. The number of unbranched alkanes of at least 4 members (excludes halogenated alkanes) is 35. The molecule has 0 spiro atoms. The van der Waals surface area contributed by atoms with Gasteiger partial charge in [-0.2, -0.15) is 0 Å². The van der Waals surface area contributed by atoms with Gasteiger partial charge in [-0.1, -0.05) is 260 Å². The van der Waals surface area contributed by atoms with Crippen molar-refractivity contribution in [3.05, 3.63) is 85.1 Å². The number of carbonyl (C=O) groups excluding carboxylic acids is 4. The molecule has 0 rings (SSSR count). The number of phosphoric acid groups is 2. The fourth-order valence-corrected chi connectivity index (χ4v) is 12.2. The molecule has 0 fully saturated rings. The van der Waals surface area contributed by atoms with Gasteiger partial charge < -0.3 is 33.8 Å². The maximum Gasteiger partial charge on any atom is 0.472 e. The fourth-order valence-electron chi connectivity index (χ4n) is 10.7. The summed E-state index contributed by atoms with van der Waals surface area (Å²) < 4.78 is 68.5. The van der Waals surface area contributed by atoms with Crippen molar-refractivity contribution < 1.29 is 80.2 Å². The van der Waals surface area contributed by atoms with E-state index in [-0.39, 0.29) is 25.7 Å². The van der Waals surface area contributed by atoms with Crippen LogP contribution in [0.1, 0.15) is 349 Å². The van der Waals surface area contributed by atoms with Crippen LogP contribution in [-0.4, -0.2) is 96.7 Å². The normalized spacial score (nSPS) is 14.3. The molecule has 17 nitrogen and oxygen atoms in total. The van der Waals surface area contributed by atoms with E-state index in [9.17, 15) is 43.2 Å². The Bertz CT molecular complexity index is 2230. The third kappa shape index (κ3) is 72.6. The number of hydrogen-bond donors (Lipinski definition) is 3. The predicted molar refractivity (Wildman–Crippen MR) is 409 cm³/mol. The first kappa shape index (κ1) is 96.2. The van der Waals surface area contributed by atoms with E-state index < -0.39 is 97.5 Å². The molecule has 0 bridgehead atoms. The molecule has 0 aromatic heterocycles. The summed E-state index contributed by atoms with van der Waals surface area (Å²) in [6.45, 7) is 4.78. The van der Waals surface area contributed by atoms with Gasteiger partial charge in [-0.05, 0) is 148 Å². The Hall–Kier alpha value is -3.76. The molecule has 0 aliphatic heterocycles. The highest BCUT2D eigenvalue weighted by atomic mass is 31.2. The molecule has 0 aromatic carbocycles. The number of aliphatic hydroxyl groups is 1. The quantitative estimate of drug-likeness (QED) is 0.0169. The molecule has 100 heavy (non-hydrogen) atoms. The summed E-state index contributed by atoms with van der Waals surface area (Å²) in [7, 11) is -9.96. The standard InChI is InChI=1S/C81H144O17P2/c1-5-9-13-17-21-25-29-33-35-36-37-38-40-44-46-50-54-58-62-66-79(84)92-72-77(98-81(86)68-64-60-56-52-48-42-32-28-24-20-16-12-8-4)74-96-100(89,90)94-70-75(82)69-93-99(87,88)95-73-76(97-80(85)67-63-59-55-51-47-41-31-27-23-19-15-11-7-3)71-91-78(83)65-61-57-53-49-45-43-39-34-30-26-22-18-14-10-6-2/h21-22,25-28,31-35,37-39,75-77,82H,5-20,23-24,29-30,36,40-74H2,1-4H3,(H,87,88)(H,89,90)/b25-21-,26-22-,31-27-,32-28-,35-33-,38-37-,39-34-. The Balaban J connectivity index is 5.34. The highest BCUT2D eigenvalue weighted by Crippen LogP contribution is 2.45. The minimum Gasteiger partial charge on any atom is -0.462 e. The van der Waals surface area contributed by atoms with Crippen molar-refractivity contribution in [1.82, 2.24) is 0 Å². The van der Waals surface area contributed by atoms with Crippen LogP contribution in [0.15, 0.2) is 85.1 Å². The Morgan fingerprint density at radius 3 is 0.780 bits per heavy atom. The highest BCUT2D eigenvalue weighted by molar-refractivity contribution is 7.47. The molecule has 0 saturated heterocycles. The van der Waals surface area contributed by atoms with Crippen LogP contribution in [0.5, 0.6) is 0 Å². The molecule has 0 amide bonds. The van der Waals surface area contributed by atoms with Gasteiger partial charge in [0.25, 0.3) is 0 Å². The van der Waals surface area contributed by atoms with Crippen molar-refractivity contribution in [3.63, 3.8) is 0 Å². The summed E-state index contributed by atoms with van der Waals surface area (Å²) in [6, 6.07) is 0. The Morgan fingerprint density at radius 2 is 0.490 bits per heavy atom. The van der Waals surface area contributed by atoms with Crippen LogP contribution in [0.3, 0.4) is 0 Å². The van der Waals surface area contributed by atoms with Crippen molar-refractivity contribution in [2.24, 2.45) is 0 Å². The molecule has 0 radical (unpaired) electrons. The van der Waals surface area contributed by atoms with E-state index in [2.05, 4.69) is 113 Å². The molecule has 0 aliphatic rings. The van der Waals surface area contributed by atoms with Crippen LogP contribution in [0.2, 0.25) is 0 Å². The Morgan fingerprint density at radius 1 is 0.280 bits per heavy atom. The molecule has 0 saturated carbocycles. The van der Waals surface area contributed by atoms with Gasteiger partial charge >= 0.3 is 39.5 Å². The predicted octanol–water partition coefficient (Wildman–Crippen LogP) is 23.0. The minimum absolute atomic E-state index is 0.0829. The van der Waals surface area contributed by atoms with Crippen LogP contribution in [0, 0.1) is 0 Å². The van der Waals surface area contributed by atoms with Crippen LogP contribution in [0.4, 0.5) is 0 Å². The smallest absolute Gasteiger partial charge is 0.462 e. The van der Waals surface area contributed by atoms with Crippen molar-refractivity contribution in [2.45, 2.75) is 367 Å². The zero-order chi connectivity index (χ0) is 73.2. The first-order valence-corrected chi connectivity index (χ1v) is 42.8. The number of carbonyl (C=O) groups is 4. The van der Waals surface area contributed by atoms with E-state index in [1.807, 2.05) is 0 Å². The molecule has 19 heteroatoms. The van der Waals surface area contributed by atoms with E-state index in [0.717, 1.165) is 180 Å². The number of esters is 4. The number of aliphatic hydroxyl groups excluding tert-OH is 1. The van der Waals surface area contributed by atoms with Gasteiger partial charge in [-0.25, -0.2) is 9.13 Å². The second kappa shape index (κ2) is 73.5. The number of phosphoric ester groups is 2. The van der Waals surface area contributed by atoms with Crippen LogP contribution in [-0.2, 0) is 65.4 Å². The van der Waals surface area contributed by atoms with Crippen LogP contribution in [0.25, 0.3) is 0 Å². The van der Waals surface area contributed by atoms with E-state index >= 15 is 0 Å². The third-order valence-electron chi connectivity index (χ3n) is 16.8. The second-order valence-electron chi connectivity index (χ2n) is 26.6. The maximum atomic E-state index is 13.1.